The fourth-order valence-corrected chi connectivity index (χ4v) is 2.04. The van der Waals surface area contributed by atoms with Crippen molar-refractivity contribution in [2.45, 2.75) is 32.7 Å². The van der Waals surface area contributed by atoms with E-state index in [4.69, 9.17) is 4.74 Å². The van der Waals surface area contributed by atoms with E-state index >= 15 is 0 Å². The highest BCUT2D eigenvalue weighted by atomic mass is 16.5. The van der Waals surface area contributed by atoms with Crippen molar-refractivity contribution in [3.05, 3.63) is 0 Å². The maximum Gasteiger partial charge on any atom is 0.0593 e. The highest BCUT2D eigenvalue weighted by Crippen LogP contribution is 2.08. The summed E-state index contributed by atoms with van der Waals surface area (Å²) in [5.41, 5.74) is 0. The molecule has 0 bridgehead atoms. The van der Waals surface area contributed by atoms with E-state index in [-0.39, 0.29) is 0 Å². The summed E-state index contributed by atoms with van der Waals surface area (Å²) in [6.45, 7) is 10.7. The molecular formula is C11H24N2O. The summed E-state index contributed by atoms with van der Waals surface area (Å²) in [5.74, 6) is 0. The fourth-order valence-electron chi connectivity index (χ4n) is 2.04. The van der Waals surface area contributed by atoms with Crippen LogP contribution >= 0.6 is 0 Å². The van der Waals surface area contributed by atoms with Gasteiger partial charge in [0.15, 0.2) is 0 Å². The first-order valence-electron chi connectivity index (χ1n) is 5.91. The predicted molar refractivity (Wildman–Crippen MR) is 59.6 cm³/mol. The third-order valence-electron chi connectivity index (χ3n) is 2.79. The van der Waals surface area contributed by atoms with Gasteiger partial charge in [-0.05, 0) is 32.9 Å². The minimum absolute atomic E-state index is 0.746. The van der Waals surface area contributed by atoms with Crippen LogP contribution in [0.25, 0.3) is 0 Å². The summed E-state index contributed by atoms with van der Waals surface area (Å²) < 4.78 is 5.41. The molecule has 1 saturated heterocycles. The van der Waals surface area contributed by atoms with Gasteiger partial charge in [0.2, 0.25) is 0 Å². The predicted octanol–water partition coefficient (Wildman–Crippen LogP) is 1.10. The van der Waals surface area contributed by atoms with E-state index in [2.05, 4.69) is 24.1 Å². The summed E-state index contributed by atoms with van der Waals surface area (Å²) >= 11 is 0. The molecule has 0 aromatic heterocycles. The number of hydrogen-bond donors (Lipinski definition) is 1. The highest BCUT2D eigenvalue weighted by molar-refractivity contribution is 4.80. The van der Waals surface area contributed by atoms with Gasteiger partial charge in [-0.1, -0.05) is 6.92 Å². The van der Waals surface area contributed by atoms with Crippen molar-refractivity contribution in [1.82, 2.24) is 10.2 Å². The second-order valence-corrected chi connectivity index (χ2v) is 3.88. The first-order chi connectivity index (χ1) is 6.88. The fraction of sp³-hybridized carbons (Fsp3) is 1.00. The Balaban J connectivity index is 2.22. The molecule has 0 spiro atoms. The van der Waals surface area contributed by atoms with Crippen LogP contribution in [0.2, 0.25) is 0 Å². The second kappa shape index (κ2) is 7.21. The quantitative estimate of drug-likeness (QED) is 0.623. The minimum Gasteiger partial charge on any atom is -0.380 e. The normalized spacial score (nSPS) is 22.1. The van der Waals surface area contributed by atoms with Crippen molar-refractivity contribution in [2.24, 2.45) is 0 Å². The van der Waals surface area contributed by atoms with Crippen LogP contribution in [0.1, 0.15) is 26.7 Å². The second-order valence-electron chi connectivity index (χ2n) is 3.88. The maximum atomic E-state index is 5.41. The summed E-state index contributed by atoms with van der Waals surface area (Å²) in [7, 11) is 0. The van der Waals surface area contributed by atoms with Crippen LogP contribution in [0.4, 0.5) is 0 Å². The zero-order valence-corrected chi connectivity index (χ0v) is 9.59. The monoisotopic (exact) mass is 200 g/mol. The Bertz CT molecular complexity index is 135. The topological polar surface area (TPSA) is 24.5 Å². The van der Waals surface area contributed by atoms with Crippen molar-refractivity contribution >= 4 is 0 Å². The molecule has 1 heterocycles. The Hall–Kier alpha value is -0.120. The number of nitrogens with zero attached hydrogens (tertiary/aromatic N) is 1. The van der Waals surface area contributed by atoms with Gasteiger partial charge in [0, 0.05) is 25.7 Å². The average molecular weight is 200 g/mol. The van der Waals surface area contributed by atoms with E-state index in [1.807, 2.05) is 0 Å². The smallest absolute Gasteiger partial charge is 0.0593 e. The molecule has 1 N–H and O–H groups in total. The summed E-state index contributed by atoms with van der Waals surface area (Å²) in [6, 6.07) is 0.746. The number of nitrogens with one attached hydrogen (secondary N) is 1. The van der Waals surface area contributed by atoms with Crippen LogP contribution in [-0.2, 0) is 4.74 Å². The van der Waals surface area contributed by atoms with Crippen molar-refractivity contribution in [3.8, 4) is 0 Å². The van der Waals surface area contributed by atoms with Crippen molar-refractivity contribution in [3.63, 3.8) is 0 Å². The largest absolute Gasteiger partial charge is 0.380 e. The van der Waals surface area contributed by atoms with Crippen molar-refractivity contribution < 1.29 is 4.74 Å². The molecule has 3 heteroatoms. The van der Waals surface area contributed by atoms with Gasteiger partial charge in [-0.15, -0.1) is 0 Å². The molecule has 0 amide bonds. The zero-order valence-electron chi connectivity index (χ0n) is 9.59. The first kappa shape index (κ1) is 12.0. The lowest BCUT2D eigenvalue weighted by atomic mass is 10.2. The SMILES string of the molecule is CCCN(CCOCC)C1CCNC1. The molecule has 0 aromatic carbocycles. The van der Waals surface area contributed by atoms with Gasteiger partial charge in [0.25, 0.3) is 0 Å². The molecule has 1 aliphatic heterocycles. The van der Waals surface area contributed by atoms with Crippen LogP contribution in [0.5, 0.6) is 0 Å². The Kier molecular flexibility index (Phi) is 6.15. The molecule has 1 unspecified atom stereocenters. The van der Waals surface area contributed by atoms with Gasteiger partial charge in [-0.25, -0.2) is 0 Å². The minimum atomic E-state index is 0.746. The van der Waals surface area contributed by atoms with Crippen molar-refractivity contribution in [1.29, 1.82) is 0 Å². The molecule has 1 aliphatic rings. The molecular weight excluding hydrogens is 176 g/mol. The molecule has 1 atom stereocenters. The van der Waals surface area contributed by atoms with E-state index in [9.17, 15) is 0 Å². The molecule has 14 heavy (non-hydrogen) atoms. The first-order valence-corrected chi connectivity index (χ1v) is 5.91. The van der Waals surface area contributed by atoms with Crippen LogP contribution in [0.3, 0.4) is 0 Å². The molecule has 1 rings (SSSR count). The van der Waals surface area contributed by atoms with Crippen LogP contribution in [0.15, 0.2) is 0 Å². The van der Waals surface area contributed by atoms with Crippen molar-refractivity contribution in [2.75, 3.05) is 39.4 Å². The zero-order chi connectivity index (χ0) is 10.2. The summed E-state index contributed by atoms with van der Waals surface area (Å²) in [4.78, 5) is 2.57. The Labute approximate surface area is 87.8 Å². The van der Waals surface area contributed by atoms with Gasteiger partial charge in [-0.3, -0.25) is 4.90 Å². The summed E-state index contributed by atoms with van der Waals surface area (Å²) in [6.07, 6.45) is 2.54. The van der Waals surface area contributed by atoms with Gasteiger partial charge in [0.1, 0.15) is 0 Å². The standard InChI is InChI=1S/C11H24N2O/c1-3-7-13(8-9-14-4-2)11-5-6-12-10-11/h11-12H,3-10H2,1-2H3. The third-order valence-corrected chi connectivity index (χ3v) is 2.79. The van der Waals surface area contributed by atoms with Crippen LogP contribution < -0.4 is 5.32 Å². The van der Waals surface area contributed by atoms with Gasteiger partial charge in [-0.2, -0.15) is 0 Å². The number of hydrogen-bond acceptors (Lipinski definition) is 3. The molecule has 3 nitrogen and oxygen atoms in total. The molecule has 1 fully saturated rings. The van der Waals surface area contributed by atoms with E-state index in [0.29, 0.717) is 0 Å². The molecule has 0 aromatic rings. The van der Waals surface area contributed by atoms with E-state index in [1.165, 1.54) is 25.9 Å². The lowest BCUT2D eigenvalue weighted by Gasteiger charge is -2.27. The number of ether oxygens (including phenoxy) is 1. The Morgan fingerprint density at radius 1 is 1.36 bits per heavy atom. The Morgan fingerprint density at radius 3 is 2.79 bits per heavy atom. The Morgan fingerprint density at radius 2 is 2.21 bits per heavy atom. The lowest BCUT2D eigenvalue weighted by molar-refractivity contribution is 0.0975. The van der Waals surface area contributed by atoms with E-state index < -0.39 is 0 Å². The van der Waals surface area contributed by atoms with Crippen LogP contribution in [0, 0.1) is 0 Å². The lowest BCUT2D eigenvalue weighted by Crippen LogP contribution is -2.39. The molecule has 0 radical (unpaired) electrons. The third kappa shape index (κ3) is 3.95. The molecule has 0 aliphatic carbocycles. The number of rotatable bonds is 7. The van der Waals surface area contributed by atoms with Gasteiger partial charge < -0.3 is 10.1 Å². The average Bonchev–Trinajstić information content (AvgIpc) is 2.70. The van der Waals surface area contributed by atoms with Gasteiger partial charge >= 0.3 is 0 Å². The van der Waals surface area contributed by atoms with Crippen LogP contribution in [-0.4, -0.2) is 50.3 Å². The molecule has 84 valence electrons. The maximum absolute atomic E-state index is 5.41. The van der Waals surface area contributed by atoms with Gasteiger partial charge in [0.05, 0.1) is 6.61 Å². The van der Waals surface area contributed by atoms with E-state index in [0.717, 1.165) is 32.3 Å². The molecule has 0 saturated carbocycles. The van der Waals surface area contributed by atoms with E-state index in [1.54, 1.807) is 0 Å². The highest BCUT2D eigenvalue weighted by Gasteiger charge is 2.20. The summed E-state index contributed by atoms with van der Waals surface area (Å²) in [5, 5.41) is 3.42.